The summed E-state index contributed by atoms with van der Waals surface area (Å²) < 4.78 is 15.5. The third kappa shape index (κ3) is 2.68. The highest BCUT2D eigenvalue weighted by Crippen LogP contribution is 2.37. The van der Waals surface area contributed by atoms with Gasteiger partial charge in [-0.3, -0.25) is 14.5 Å². The first-order chi connectivity index (χ1) is 9.56. The number of carbonyl (C=O) groups excluding carboxylic acids is 2. The molecule has 1 amide bonds. The van der Waals surface area contributed by atoms with Gasteiger partial charge in [-0.15, -0.1) is 0 Å². The molecule has 0 unspecified atom stereocenters. The van der Waals surface area contributed by atoms with E-state index in [9.17, 15) is 9.59 Å². The molecule has 0 spiro atoms. The molecule has 0 radical (unpaired) electrons. The monoisotopic (exact) mass is 279 g/mol. The summed E-state index contributed by atoms with van der Waals surface area (Å²) in [6.45, 7) is 3.65. The molecule has 0 saturated carbocycles. The number of rotatable bonds is 4. The maximum Gasteiger partial charge on any atom is 0.326 e. The van der Waals surface area contributed by atoms with Crippen molar-refractivity contribution in [2.45, 2.75) is 13.8 Å². The van der Waals surface area contributed by atoms with Crippen LogP contribution in [0.1, 0.15) is 12.5 Å². The molecule has 1 aromatic carbocycles. The predicted molar refractivity (Wildman–Crippen MR) is 72.2 cm³/mol. The zero-order valence-electron chi connectivity index (χ0n) is 11.8. The second kappa shape index (κ2) is 5.81. The topological polar surface area (TPSA) is 65.1 Å². The quantitative estimate of drug-likeness (QED) is 0.777. The van der Waals surface area contributed by atoms with Gasteiger partial charge in [-0.05, 0) is 25.5 Å². The molecule has 2 rings (SSSR count). The van der Waals surface area contributed by atoms with Gasteiger partial charge in [-0.25, -0.2) is 0 Å². The van der Waals surface area contributed by atoms with Crippen molar-refractivity contribution in [1.29, 1.82) is 0 Å². The van der Waals surface area contributed by atoms with Gasteiger partial charge in [0.1, 0.15) is 18.0 Å². The van der Waals surface area contributed by atoms with Crippen LogP contribution in [0.25, 0.3) is 0 Å². The number of fused-ring (bicyclic) bond motifs is 1. The van der Waals surface area contributed by atoms with Crippen LogP contribution in [0.5, 0.6) is 11.5 Å². The fourth-order valence-corrected chi connectivity index (χ4v) is 2.06. The second-order valence-corrected chi connectivity index (χ2v) is 4.36. The van der Waals surface area contributed by atoms with Gasteiger partial charge in [-0.1, -0.05) is 0 Å². The van der Waals surface area contributed by atoms with Crippen molar-refractivity contribution < 1.29 is 23.8 Å². The van der Waals surface area contributed by atoms with Gasteiger partial charge in [0.25, 0.3) is 5.91 Å². The number of methoxy groups -OCH3 is 1. The zero-order chi connectivity index (χ0) is 14.7. The molecular weight excluding hydrogens is 262 g/mol. The van der Waals surface area contributed by atoms with Crippen molar-refractivity contribution in [1.82, 2.24) is 0 Å². The summed E-state index contributed by atoms with van der Waals surface area (Å²) in [6.07, 6.45) is 0. The highest BCUT2D eigenvalue weighted by molar-refractivity contribution is 6.01. The number of aryl methyl sites for hydroxylation is 1. The Morgan fingerprint density at radius 2 is 2.20 bits per heavy atom. The fraction of sp³-hybridized carbons (Fsp3) is 0.429. The molecule has 0 atom stereocenters. The molecular formula is C14H17NO5. The molecule has 1 aliphatic heterocycles. The van der Waals surface area contributed by atoms with Crippen LogP contribution in [0.2, 0.25) is 0 Å². The van der Waals surface area contributed by atoms with Gasteiger partial charge in [-0.2, -0.15) is 0 Å². The van der Waals surface area contributed by atoms with E-state index in [1.807, 2.05) is 6.92 Å². The van der Waals surface area contributed by atoms with E-state index < -0.39 is 5.97 Å². The first kappa shape index (κ1) is 14.2. The number of amides is 1. The lowest BCUT2D eigenvalue weighted by Gasteiger charge is -2.29. The highest BCUT2D eigenvalue weighted by Gasteiger charge is 2.28. The maximum absolute atomic E-state index is 11.9. The Morgan fingerprint density at radius 3 is 2.85 bits per heavy atom. The lowest BCUT2D eigenvalue weighted by Crippen LogP contribution is -2.42. The summed E-state index contributed by atoms with van der Waals surface area (Å²) in [7, 11) is 1.57. The molecule has 0 fully saturated rings. The van der Waals surface area contributed by atoms with Gasteiger partial charge in [0.05, 0.1) is 19.4 Å². The number of hydrogen-bond acceptors (Lipinski definition) is 5. The van der Waals surface area contributed by atoms with E-state index >= 15 is 0 Å². The zero-order valence-corrected chi connectivity index (χ0v) is 11.8. The largest absolute Gasteiger partial charge is 0.496 e. The van der Waals surface area contributed by atoms with Gasteiger partial charge in [0.2, 0.25) is 0 Å². The van der Waals surface area contributed by atoms with E-state index in [4.69, 9.17) is 14.2 Å². The standard InChI is InChI=1S/C14H17NO5/c1-4-19-14(17)7-15-10-5-9(2)11(18-3)6-12(10)20-8-13(15)16/h5-6H,4,7-8H2,1-3H3. The summed E-state index contributed by atoms with van der Waals surface area (Å²) >= 11 is 0. The highest BCUT2D eigenvalue weighted by atomic mass is 16.5. The Morgan fingerprint density at radius 1 is 1.45 bits per heavy atom. The summed E-state index contributed by atoms with van der Waals surface area (Å²) in [5.74, 6) is 0.489. The number of ether oxygens (including phenoxy) is 3. The van der Waals surface area contributed by atoms with Crippen molar-refractivity contribution >= 4 is 17.6 Å². The van der Waals surface area contributed by atoms with Crippen molar-refractivity contribution in [2.24, 2.45) is 0 Å². The number of hydrogen-bond donors (Lipinski definition) is 0. The van der Waals surface area contributed by atoms with Crippen LogP contribution in [0, 0.1) is 6.92 Å². The Kier molecular flexibility index (Phi) is 4.12. The summed E-state index contributed by atoms with van der Waals surface area (Å²) in [4.78, 5) is 24.9. The fourth-order valence-electron chi connectivity index (χ4n) is 2.06. The van der Waals surface area contributed by atoms with Gasteiger partial charge in [0, 0.05) is 6.07 Å². The Bertz CT molecular complexity index is 541. The van der Waals surface area contributed by atoms with Crippen LogP contribution >= 0.6 is 0 Å². The number of carbonyl (C=O) groups is 2. The molecule has 1 heterocycles. The third-order valence-corrected chi connectivity index (χ3v) is 3.01. The lowest BCUT2D eigenvalue weighted by molar-refractivity contribution is -0.142. The number of benzene rings is 1. The van der Waals surface area contributed by atoms with Crippen molar-refractivity contribution in [3.63, 3.8) is 0 Å². The Balaban J connectivity index is 2.33. The van der Waals surface area contributed by atoms with Crippen LogP contribution in [0.15, 0.2) is 12.1 Å². The van der Waals surface area contributed by atoms with Crippen LogP contribution in [0.3, 0.4) is 0 Å². The van der Waals surface area contributed by atoms with E-state index in [1.54, 1.807) is 26.2 Å². The number of anilines is 1. The molecule has 1 aliphatic rings. The molecule has 1 aromatic rings. The number of esters is 1. The van der Waals surface area contributed by atoms with Crippen LogP contribution in [0.4, 0.5) is 5.69 Å². The first-order valence-corrected chi connectivity index (χ1v) is 6.34. The minimum absolute atomic E-state index is 0.0986. The number of nitrogens with zero attached hydrogens (tertiary/aromatic N) is 1. The Hall–Kier alpha value is -2.24. The summed E-state index contributed by atoms with van der Waals surface area (Å²) in [5, 5.41) is 0. The predicted octanol–water partition coefficient (Wildman–Crippen LogP) is 1.29. The molecule has 6 nitrogen and oxygen atoms in total. The molecule has 0 aromatic heterocycles. The third-order valence-electron chi connectivity index (χ3n) is 3.01. The average Bonchev–Trinajstić information content (AvgIpc) is 2.42. The molecule has 20 heavy (non-hydrogen) atoms. The minimum Gasteiger partial charge on any atom is -0.496 e. The molecule has 0 saturated heterocycles. The normalized spacial score (nSPS) is 13.6. The molecule has 0 N–H and O–H groups in total. The smallest absolute Gasteiger partial charge is 0.326 e. The van der Waals surface area contributed by atoms with Gasteiger partial charge >= 0.3 is 5.97 Å². The average molecular weight is 279 g/mol. The molecule has 0 bridgehead atoms. The van der Waals surface area contributed by atoms with E-state index in [0.29, 0.717) is 17.2 Å². The first-order valence-electron chi connectivity index (χ1n) is 6.34. The van der Waals surface area contributed by atoms with Crippen LogP contribution in [-0.4, -0.2) is 38.7 Å². The van der Waals surface area contributed by atoms with E-state index in [0.717, 1.165) is 5.56 Å². The van der Waals surface area contributed by atoms with Gasteiger partial charge in [0.15, 0.2) is 6.61 Å². The van der Waals surface area contributed by atoms with Crippen molar-refractivity contribution in [3.05, 3.63) is 17.7 Å². The maximum atomic E-state index is 11.9. The molecule has 108 valence electrons. The van der Waals surface area contributed by atoms with Crippen molar-refractivity contribution in [2.75, 3.05) is 31.8 Å². The molecule has 0 aliphatic carbocycles. The minimum atomic E-state index is -0.442. The van der Waals surface area contributed by atoms with E-state index in [-0.39, 0.29) is 25.7 Å². The van der Waals surface area contributed by atoms with Crippen molar-refractivity contribution in [3.8, 4) is 11.5 Å². The lowest BCUT2D eigenvalue weighted by atomic mass is 10.1. The molecule has 6 heteroatoms. The van der Waals surface area contributed by atoms with E-state index in [2.05, 4.69) is 0 Å². The van der Waals surface area contributed by atoms with Crippen LogP contribution in [-0.2, 0) is 14.3 Å². The van der Waals surface area contributed by atoms with Crippen LogP contribution < -0.4 is 14.4 Å². The van der Waals surface area contributed by atoms with Gasteiger partial charge < -0.3 is 14.2 Å². The van der Waals surface area contributed by atoms with E-state index in [1.165, 1.54) is 4.90 Å². The summed E-state index contributed by atoms with van der Waals surface area (Å²) in [6, 6.07) is 3.49. The Labute approximate surface area is 117 Å². The summed E-state index contributed by atoms with van der Waals surface area (Å²) in [5.41, 5.74) is 1.42. The SMILES string of the molecule is CCOC(=O)CN1C(=O)COc2cc(OC)c(C)cc21. The second-order valence-electron chi connectivity index (χ2n) is 4.36.